The third-order valence-corrected chi connectivity index (χ3v) is 9.22. The van der Waals surface area contributed by atoms with Crippen LogP contribution < -0.4 is 5.56 Å². The maximum absolute atomic E-state index is 14.0. The van der Waals surface area contributed by atoms with Gasteiger partial charge in [0.25, 0.3) is 5.56 Å². The van der Waals surface area contributed by atoms with Gasteiger partial charge in [-0.15, -0.1) is 0 Å². The van der Waals surface area contributed by atoms with Crippen LogP contribution in [-0.4, -0.2) is 60.9 Å². The minimum absolute atomic E-state index is 0.00914. The number of aliphatic hydroxyl groups excluding tert-OH is 2. The molecule has 0 radical (unpaired) electrons. The minimum atomic E-state index is -4.15. The molecule has 2 aromatic rings. The second-order valence-corrected chi connectivity index (χ2v) is 11.4. The molecule has 0 aliphatic carbocycles. The number of pyridine rings is 2. The van der Waals surface area contributed by atoms with E-state index in [0.29, 0.717) is 18.2 Å². The number of aromatic nitrogens is 2. The Morgan fingerprint density at radius 3 is 2.62 bits per heavy atom. The van der Waals surface area contributed by atoms with Crippen LogP contribution in [0.25, 0.3) is 11.0 Å². The first-order chi connectivity index (χ1) is 15.8. The van der Waals surface area contributed by atoms with Crippen molar-refractivity contribution in [2.75, 3.05) is 6.61 Å². The predicted molar refractivity (Wildman–Crippen MR) is 120 cm³/mol. The van der Waals surface area contributed by atoms with Crippen LogP contribution in [0.1, 0.15) is 57.4 Å². The third-order valence-electron chi connectivity index (χ3n) is 6.92. The van der Waals surface area contributed by atoms with Crippen LogP contribution in [0.2, 0.25) is 0 Å². The molecule has 188 valence electrons. The number of nitrogens with one attached hydrogen (secondary N) is 1. The monoisotopic (exact) mass is 500 g/mol. The van der Waals surface area contributed by atoms with Gasteiger partial charge in [0.15, 0.2) is 5.34 Å². The summed E-state index contributed by atoms with van der Waals surface area (Å²) in [6.45, 7) is 6.72. The number of ether oxygens (including phenoxy) is 2. The van der Waals surface area contributed by atoms with Gasteiger partial charge in [-0.1, -0.05) is 13.8 Å². The van der Waals surface area contributed by atoms with E-state index in [0.717, 1.165) is 0 Å². The van der Waals surface area contributed by atoms with E-state index in [2.05, 4.69) is 9.97 Å². The Morgan fingerprint density at radius 2 is 2.03 bits per heavy atom. The molecule has 0 amide bonds. The highest BCUT2D eigenvalue weighted by Crippen LogP contribution is 2.66. The Hall–Kier alpha value is -1.72. The van der Waals surface area contributed by atoms with Crippen molar-refractivity contribution in [3.05, 3.63) is 39.6 Å². The average molecular weight is 500 g/mol. The molecule has 7 unspecified atom stereocenters. The normalized spacial score (nSPS) is 32.5. The second-order valence-electron chi connectivity index (χ2n) is 9.33. The van der Waals surface area contributed by atoms with E-state index in [4.69, 9.17) is 14.0 Å². The minimum Gasteiger partial charge on any atom is -0.388 e. The van der Waals surface area contributed by atoms with E-state index in [9.17, 15) is 28.9 Å². The Morgan fingerprint density at radius 1 is 1.35 bits per heavy atom. The van der Waals surface area contributed by atoms with Crippen LogP contribution in [0.4, 0.5) is 4.39 Å². The molecule has 12 heteroatoms. The number of aromatic amines is 1. The quantitative estimate of drug-likeness (QED) is 0.316. The smallest absolute Gasteiger partial charge is 0.362 e. The zero-order valence-corrected chi connectivity index (χ0v) is 20.3. The van der Waals surface area contributed by atoms with E-state index < -0.39 is 54.3 Å². The Labute approximate surface area is 195 Å². The van der Waals surface area contributed by atoms with E-state index in [1.807, 2.05) is 0 Å². The van der Waals surface area contributed by atoms with Crippen molar-refractivity contribution < 1.29 is 38.1 Å². The summed E-state index contributed by atoms with van der Waals surface area (Å²) in [7, 11) is -4.15. The fraction of sp³-hybridized carbons (Fsp3) is 0.636. The molecule has 2 aromatic heterocycles. The van der Waals surface area contributed by atoms with Gasteiger partial charge in [-0.3, -0.25) is 9.36 Å². The summed E-state index contributed by atoms with van der Waals surface area (Å²) >= 11 is 0. The number of aliphatic hydroxyl groups is 2. The molecule has 0 aromatic carbocycles. The average Bonchev–Trinajstić information content (AvgIpc) is 3.54. The van der Waals surface area contributed by atoms with Crippen LogP contribution in [-0.2, 0) is 18.6 Å². The maximum atomic E-state index is 14.0. The van der Waals surface area contributed by atoms with Crippen molar-refractivity contribution in [1.82, 2.24) is 9.97 Å². The van der Waals surface area contributed by atoms with E-state index in [1.54, 1.807) is 20.8 Å². The van der Waals surface area contributed by atoms with Gasteiger partial charge < -0.3 is 34.1 Å². The number of H-pyrrole nitrogens is 1. The summed E-state index contributed by atoms with van der Waals surface area (Å²) in [5.74, 6) is -0.551. The lowest BCUT2D eigenvalue weighted by atomic mass is 9.92. The standard InChI is InChI=1S/C22H30FN2O8P/c1-5-21(4,33-34(29,30)22(6-2)10-31-22)9-15-16(26)17(27)18(32-15)13-7-12-8-14(23)11(3)24-19(12)25-20(13)28/h7-8,15-18,26-27H,5-6,9-10H2,1-4H3,(H,29,30)(H,24,25,28). The van der Waals surface area contributed by atoms with Gasteiger partial charge in [-0.25, -0.2) is 9.37 Å². The van der Waals surface area contributed by atoms with Crippen LogP contribution in [0.5, 0.6) is 0 Å². The first-order valence-electron chi connectivity index (χ1n) is 11.2. The van der Waals surface area contributed by atoms with Crippen LogP contribution in [0.3, 0.4) is 0 Å². The van der Waals surface area contributed by atoms with E-state index >= 15 is 0 Å². The number of rotatable bonds is 8. The van der Waals surface area contributed by atoms with Crippen LogP contribution in [0, 0.1) is 12.7 Å². The lowest BCUT2D eigenvalue weighted by molar-refractivity contribution is -0.0485. The lowest BCUT2D eigenvalue weighted by Gasteiger charge is -2.34. The number of nitrogens with zero attached hydrogens (tertiary/aromatic N) is 1. The molecule has 0 spiro atoms. The molecule has 0 bridgehead atoms. The molecule has 7 atom stereocenters. The van der Waals surface area contributed by atoms with Crippen molar-refractivity contribution in [2.24, 2.45) is 0 Å². The molecule has 2 fully saturated rings. The zero-order chi connectivity index (χ0) is 25.1. The van der Waals surface area contributed by atoms with Gasteiger partial charge in [0.05, 0.1) is 24.0 Å². The molecule has 2 aliphatic heterocycles. The molecule has 4 heterocycles. The Kier molecular flexibility index (Phi) is 6.52. The maximum Gasteiger partial charge on any atom is 0.362 e. The summed E-state index contributed by atoms with van der Waals surface area (Å²) in [4.78, 5) is 29.8. The number of epoxide rings is 1. The van der Waals surface area contributed by atoms with Gasteiger partial charge in [0.1, 0.15) is 29.8 Å². The third kappa shape index (κ3) is 4.35. The molecule has 2 saturated heterocycles. The van der Waals surface area contributed by atoms with Gasteiger partial charge in [0.2, 0.25) is 0 Å². The highest BCUT2D eigenvalue weighted by Gasteiger charge is 2.61. The first kappa shape index (κ1) is 25.4. The number of hydrogen-bond acceptors (Lipinski definition) is 8. The Balaban J connectivity index is 1.58. The fourth-order valence-electron chi connectivity index (χ4n) is 4.31. The molecular weight excluding hydrogens is 470 g/mol. The Bertz CT molecular complexity index is 1200. The summed E-state index contributed by atoms with van der Waals surface area (Å²) in [6, 6.07) is 2.59. The second kappa shape index (κ2) is 8.74. The summed E-state index contributed by atoms with van der Waals surface area (Å²) in [5, 5.41) is 20.4. The number of hydrogen-bond donors (Lipinski definition) is 4. The largest absolute Gasteiger partial charge is 0.388 e. The number of fused-ring (bicyclic) bond motifs is 1. The lowest BCUT2D eigenvalue weighted by Crippen LogP contribution is -2.39. The topological polar surface area (TPSA) is 154 Å². The highest BCUT2D eigenvalue weighted by atomic mass is 31.2. The van der Waals surface area contributed by atoms with Crippen molar-refractivity contribution in [3.8, 4) is 0 Å². The molecule has 2 aliphatic rings. The van der Waals surface area contributed by atoms with E-state index in [1.165, 1.54) is 19.1 Å². The van der Waals surface area contributed by atoms with Gasteiger partial charge in [-0.2, -0.15) is 0 Å². The molecule has 4 N–H and O–H groups in total. The molecule has 4 rings (SSSR count). The fourth-order valence-corrected chi connectivity index (χ4v) is 6.07. The number of aryl methyl sites for hydroxylation is 1. The SMILES string of the molecule is CCC(C)(CC1OC(c2cc3cc(F)c(C)nc3[nH]c2=O)C(O)C1O)OP(=O)(O)C1(CC)CO1. The van der Waals surface area contributed by atoms with Crippen molar-refractivity contribution in [2.45, 2.75) is 82.3 Å². The molecule has 10 nitrogen and oxygen atoms in total. The van der Waals surface area contributed by atoms with Gasteiger partial charge in [-0.05, 0) is 38.8 Å². The van der Waals surface area contributed by atoms with Crippen molar-refractivity contribution >= 4 is 18.6 Å². The van der Waals surface area contributed by atoms with Crippen LogP contribution >= 0.6 is 7.60 Å². The molecular formula is C22H30FN2O8P. The van der Waals surface area contributed by atoms with E-state index in [-0.39, 0.29) is 29.9 Å². The molecule has 0 saturated carbocycles. The first-order valence-corrected chi connectivity index (χ1v) is 12.8. The van der Waals surface area contributed by atoms with Gasteiger partial charge in [0, 0.05) is 17.4 Å². The van der Waals surface area contributed by atoms with Crippen molar-refractivity contribution in [3.63, 3.8) is 0 Å². The number of halogens is 1. The summed E-state index contributed by atoms with van der Waals surface area (Å²) < 4.78 is 43.7. The highest BCUT2D eigenvalue weighted by molar-refractivity contribution is 7.54. The zero-order valence-electron chi connectivity index (χ0n) is 19.4. The predicted octanol–water partition coefficient (Wildman–Crippen LogP) is 2.43. The molecule has 34 heavy (non-hydrogen) atoms. The van der Waals surface area contributed by atoms with Crippen molar-refractivity contribution in [1.29, 1.82) is 0 Å². The van der Waals surface area contributed by atoms with Gasteiger partial charge >= 0.3 is 7.60 Å². The summed E-state index contributed by atoms with van der Waals surface area (Å²) in [5.41, 5.74) is -1.44. The summed E-state index contributed by atoms with van der Waals surface area (Å²) in [6.07, 6.45) is -4.45. The van der Waals surface area contributed by atoms with Crippen LogP contribution in [0.15, 0.2) is 16.9 Å².